The lowest BCUT2D eigenvalue weighted by atomic mass is 10.0. The normalized spacial score (nSPS) is 12.5. The van der Waals surface area contributed by atoms with E-state index < -0.39 is 30.2 Å². The number of aromatic nitrogens is 2. The van der Waals surface area contributed by atoms with Crippen molar-refractivity contribution >= 4 is 34.1 Å². The molecule has 2 amide bonds. The topological polar surface area (TPSA) is 76.1 Å². The zero-order valence-corrected chi connectivity index (χ0v) is 17.4. The molecule has 0 aliphatic heterocycles. The zero-order chi connectivity index (χ0) is 23.3. The number of hydrogen-bond acceptors (Lipinski definition) is 5. The van der Waals surface area contributed by atoms with Crippen molar-refractivity contribution in [2.24, 2.45) is 0 Å². The average molecular weight is 493 g/mol. The number of benzene rings is 2. The average Bonchev–Trinajstić information content (AvgIpc) is 3.18. The van der Waals surface area contributed by atoms with E-state index in [2.05, 4.69) is 15.5 Å². The van der Waals surface area contributed by atoms with Crippen LogP contribution in [0.2, 0.25) is 5.02 Å². The SMILES string of the molecule is O=C(Nc1nnc(COc2ccc(Cl)cc2)s1)N[C@H](c1ccc(C(F)(F)F)cc1)C(F)F. The van der Waals surface area contributed by atoms with Gasteiger partial charge in [-0.1, -0.05) is 35.1 Å². The monoisotopic (exact) mass is 492 g/mol. The summed E-state index contributed by atoms with van der Waals surface area (Å²) in [5, 5.41) is 12.8. The van der Waals surface area contributed by atoms with Crippen LogP contribution in [-0.4, -0.2) is 22.7 Å². The molecule has 0 bridgehead atoms. The maximum Gasteiger partial charge on any atom is 0.416 e. The number of rotatable bonds is 7. The summed E-state index contributed by atoms with van der Waals surface area (Å²) in [6.07, 6.45) is -7.66. The minimum Gasteiger partial charge on any atom is -0.486 e. The van der Waals surface area contributed by atoms with Gasteiger partial charge in [0.05, 0.1) is 5.56 Å². The number of alkyl halides is 5. The van der Waals surface area contributed by atoms with Crippen molar-refractivity contribution in [3.8, 4) is 5.75 Å². The van der Waals surface area contributed by atoms with E-state index in [0.29, 0.717) is 27.9 Å². The summed E-state index contributed by atoms with van der Waals surface area (Å²) < 4.78 is 70.2. The Morgan fingerprint density at radius 3 is 2.31 bits per heavy atom. The third kappa shape index (κ3) is 6.50. The van der Waals surface area contributed by atoms with E-state index in [9.17, 15) is 26.7 Å². The molecule has 3 rings (SSSR count). The van der Waals surface area contributed by atoms with Crippen LogP contribution in [0.5, 0.6) is 5.75 Å². The van der Waals surface area contributed by atoms with Crippen LogP contribution in [0.4, 0.5) is 31.9 Å². The zero-order valence-electron chi connectivity index (χ0n) is 15.9. The molecule has 0 spiro atoms. The highest BCUT2D eigenvalue weighted by atomic mass is 35.5. The van der Waals surface area contributed by atoms with Gasteiger partial charge >= 0.3 is 12.2 Å². The number of hydrogen-bond donors (Lipinski definition) is 2. The maximum absolute atomic E-state index is 13.4. The number of carbonyl (C=O) groups excluding carboxylic acids is 1. The molecular formula is C19H14ClF5N4O2S. The van der Waals surface area contributed by atoms with Crippen molar-refractivity contribution < 1.29 is 31.5 Å². The van der Waals surface area contributed by atoms with Crippen LogP contribution in [0.3, 0.4) is 0 Å². The molecule has 0 unspecified atom stereocenters. The van der Waals surface area contributed by atoms with E-state index >= 15 is 0 Å². The molecule has 2 aromatic carbocycles. The lowest BCUT2D eigenvalue weighted by Crippen LogP contribution is -2.36. The third-order valence-electron chi connectivity index (χ3n) is 4.00. The largest absolute Gasteiger partial charge is 0.486 e. The minimum atomic E-state index is -4.60. The molecule has 13 heteroatoms. The maximum atomic E-state index is 13.4. The summed E-state index contributed by atoms with van der Waals surface area (Å²) in [6, 6.07) is 6.87. The van der Waals surface area contributed by atoms with Gasteiger partial charge in [-0.25, -0.2) is 13.6 Å². The van der Waals surface area contributed by atoms with Gasteiger partial charge in [0.2, 0.25) is 5.13 Å². The van der Waals surface area contributed by atoms with Gasteiger partial charge in [-0.2, -0.15) is 13.2 Å². The van der Waals surface area contributed by atoms with Gasteiger partial charge in [-0.3, -0.25) is 5.32 Å². The number of anilines is 1. The third-order valence-corrected chi connectivity index (χ3v) is 5.06. The summed E-state index contributed by atoms with van der Waals surface area (Å²) in [6.45, 7) is 0.0494. The Morgan fingerprint density at radius 2 is 1.72 bits per heavy atom. The summed E-state index contributed by atoms with van der Waals surface area (Å²) in [7, 11) is 0. The van der Waals surface area contributed by atoms with Crippen LogP contribution in [0.25, 0.3) is 0 Å². The van der Waals surface area contributed by atoms with Gasteiger partial charge in [0, 0.05) is 5.02 Å². The molecule has 0 aliphatic rings. The number of nitrogens with zero attached hydrogens (tertiary/aromatic N) is 2. The van der Waals surface area contributed by atoms with Crippen LogP contribution in [0, 0.1) is 0 Å². The Hall–Kier alpha value is -2.99. The molecule has 1 heterocycles. The Morgan fingerprint density at radius 1 is 1.06 bits per heavy atom. The Balaban J connectivity index is 1.58. The first-order valence-corrected chi connectivity index (χ1v) is 10.0. The molecule has 0 radical (unpaired) electrons. The second kappa shape index (κ2) is 10.1. The molecule has 0 saturated heterocycles. The van der Waals surface area contributed by atoms with Crippen LogP contribution >= 0.6 is 22.9 Å². The van der Waals surface area contributed by atoms with Gasteiger partial charge in [0.1, 0.15) is 18.4 Å². The van der Waals surface area contributed by atoms with Gasteiger partial charge in [-0.15, -0.1) is 10.2 Å². The quantitative estimate of drug-likeness (QED) is 0.402. The van der Waals surface area contributed by atoms with E-state index in [1.165, 1.54) is 0 Å². The first kappa shape index (κ1) is 23.7. The second-order valence-corrected chi connectivity index (χ2v) is 7.77. The predicted molar refractivity (Wildman–Crippen MR) is 108 cm³/mol. The van der Waals surface area contributed by atoms with Gasteiger partial charge in [-0.05, 0) is 42.0 Å². The summed E-state index contributed by atoms with van der Waals surface area (Å²) >= 11 is 6.75. The van der Waals surface area contributed by atoms with E-state index in [1.54, 1.807) is 24.3 Å². The molecule has 1 atom stereocenters. The first-order valence-electron chi connectivity index (χ1n) is 8.85. The number of ether oxygens (including phenoxy) is 1. The summed E-state index contributed by atoms with van der Waals surface area (Å²) in [5.41, 5.74) is -1.17. The van der Waals surface area contributed by atoms with E-state index in [1.807, 2.05) is 5.32 Å². The number of nitrogens with one attached hydrogen (secondary N) is 2. The number of amides is 2. The molecule has 0 fully saturated rings. The smallest absolute Gasteiger partial charge is 0.416 e. The van der Waals surface area contributed by atoms with Crippen LogP contribution in [-0.2, 0) is 12.8 Å². The highest BCUT2D eigenvalue weighted by Gasteiger charge is 2.31. The van der Waals surface area contributed by atoms with Gasteiger partial charge < -0.3 is 10.1 Å². The van der Waals surface area contributed by atoms with E-state index in [-0.39, 0.29) is 17.3 Å². The summed E-state index contributed by atoms with van der Waals surface area (Å²) in [4.78, 5) is 12.1. The lowest BCUT2D eigenvalue weighted by molar-refractivity contribution is -0.137. The molecular weight excluding hydrogens is 479 g/mol. The summed E-state index contributed by atoms with van der Waals surface area (Å²) in [5.74, 6) is 0.535. The molecule has 3 aromatic rings. The second-order valence-electron chi connectivity index (χ2n) is 6.27. The minimum absolute atomic E-state index is 0.0256. The molecule has 32 heavy (non-hydrogen) atoms. The molecule has 2 N–H and O–H groups in total. The Kier molecular flexibility index (Phi) is 7.46. The number of carbonyl (C=O) groups is 1. The van der Waals surface area contributed by atoms with Gasteiger partial charge in [0.15, 0.2) is 5.01 Å². The molecule has 1 aromatic heterocycles. The van der Waals surface area contributed by atoms with Crippen LogP contribution < -0.4 is 15.4 Å². The standard InChI is InChI=1S/C19H14ClF5N4O2S/c20-12-5-7-13(8-6-12)31-9-14-28-29-18(32-14)27-17(30)26-15(16(21)22)10-1-3-11(4-2-10)19(23,24)25/h1-8,15-16H,9H2,(H2,26,27,29,30)/t15-/m1/s1. The Bertz CT molecular complexity index is 1050. The van der Waals surface area contributed by atoms with Crippen molar-refractivity contribution in [3.05, 3.63) is 69.7 Å². The molecule has 6 nitrogen and oxygen atoms in total. The van der Waals surface area contributed by atoms with E-state index in [0.717, 1.165) is 23.5 Å². The fraction of sp³-hybridized carbons (Fsp3) is 0.211. The molecule has 0 saturated carbocycles. The predicted octanol–water partition coefficient (Wildman–Crippen LogP) is 5.92. The van der Waals surface area contributed by atoms with Crippen LogP contribution in [0.15, 0.2) is 48.5 Å². The lowest BCUT2D eigenvalue weighted by Gasteiger charge is -2.19. The molecule has 0 aliphatic carbocycles. The van der Waals surface area contributed by atoms with Crippen molar-refractivity contribution in [2.45, 2.75) is 25.3 Å². The van der Waals surface area contributed by atoms with Crippen molar-refractivity contribution in [3.63, 3.8) is 0 Å². The van der Waals surface area contributed by atoms with Crippen molar-refractivity contribution in [2.75, 3.05) is 5.32 Å². The van der Waals surface area contributed by atoms with Gasteiger partial charge in [0.25, 0.3) is 6.43 Å². The van der Waals surface area contributed by atoms with E-state index in [4.69, 9.17) is 16.3 Å². The van der Waals surface area contributed by atoms with Crippen LogP contribution in [0.1, 0.15) is 22.2 Å². The fourth-order valence-electron chi connectivity index (χ4n) is 2.48. The Labute approximate surface area is 187 Å². The van der Waals surface area contributed by atoms with Crippen molar-refractivity contribution in [1.82, 2.24) is 15.5 Å². The van der Waals surface area contributed by atoms with Crippen molar-refractivity contribution in [1.29, 1.82) is 0 Å². The highest BCUT2D eigenvalue weighted by molar-refractivity contribution is 7.15. The fourth-order valence-corrected chi connectivity index (χ4v) is 3.26. The number of halogens is 6. The number of urea groups is 1. The highest BCUT2D eigenvalue weighted by Crippen LogP contribution is 2.31. The first-order chi connectivity index (χ1) is 15.1. The molecule has 170 valence electrons.